The number of unbranched alkanes of at least 4 members (excludes halogenated alkanes) is 3. The molecular formula is C21H40O7. The van der Waals surface area contributed by atoms with Gasteiger partial charge in [-0.1, -0.05) is 40.0 Å². The Morgan fingerprint density at radius 1 is 0.821 bits per heavy atom. The van der Waals surface area contributed by atoms with E-state index >= 15 is 0 Å². The van der Waals surface area contributed by atoms with E-state index in [1.165, 1.54) is 0 Å². The lowest BCUT2D eigenvalue weighted by Gasteiger charge is -2.42. The van der Waals surface area contributed by atoms with Crippen LogP contribution in [0.5, 0.6) is 0 Å². The Bertz CT molecular complexity index is 422. The van der Waals surface area contributed by atoms with E-state index in [2.05, 4.69) is 20.8 Å². The number of hydrogen-bond acceptors (Lipinski definition) is 7. The highest BCUT2D eigenvalue weighted by atomic mass is 16.9. The van der Waals surface area contributed by atoms with Crippen LogP contribution in [-0.2, 0) is 33.2 Å². The van der Waals surface area contributed by atoms with E-state index in [0.717, 1.165) is 38.5 Å². The predicted molar refractivity (Wildman–Crippen MR) is 105 cm³/mol. The Balaban J connectivity index is 2.12. The van der Waals surface area contributed by atoms with E-state index in [0.29, 0.717) is 26.4 Å². The Morgan fingerprint density at radius 2 is 1.43 bits per heavy atom. The third kappa shape index (κ3) is 6.62. The lowest BCUT2D eigenvalue weighted by atomic mass is 9.98. The lowest BCUT2D eigenvalue weighted by Crippen LogP contribution is -2.59. The molecule has 0 aromatic rings. The fraction of sp³-hybridized carbons (Fsp3) is 1.00. The number of ether oxygens (including phenoxy) is 7. The normalized spacial score (nSPS) is 35.2. The zero-order valence-corrected chi connectivity index (χ0v) is 18.3. The third-order valence-electron chi connectivity index (χ3n) is 5.18. The molecule has 2 saturated heterocycles. The van der Waals surface area contributed by atoms with Crippen molar-refractivity contribution in [1.29, 1.82) is 0 Å². The monoisotopic (exact) mass is 404 g/mol. The van der Waals surface area contributed by atoms with Crippen LogP contribution in [0.25, 0.3) is 0 Å². The summed E-state index contributed by atoms with van der Waals surface area (Å²) in [6.07, 6.45) is 4.42. The molecule has 0 saturated carbocycles. The number of hydrogen-bond donors (Lipinski definition) is 0. The lowest BCUT2D eigenvalue weighted by molar-refractivity contribution is -0.334. The molecule has 6 unspecified atom stereocenters. The van der Waals surface area contributed by atoms with Crippen LogP contribution >= 0.6 is 0 Å². The summed E-state index contributed by atoms with van der Waals surface area (Å²) in [6.45, 7) is 10.6. The largest absolute Gasteiger partial charge is 0.379 e. The van der Waals surface area contributed by atoms with Crippen LogP contribution in [0.15, 0.2) is 0 Å². The van der Waals surface area contributed by atoms with Crippen molar-refractivity contribution in [1.82, 2.24) is 0 Å². The Hall–Kier alpha value is -0.280. The highest BCUT2D eigenvalue weighted by molar-refractivity contribution is 4.95. The van der Waals surface area contributed by atoms with Crippen molar-refractivity contribution >= 4 is 0 Å². The second-order valence-corrected chi connectivity index (χ2v) is 7.62. The van der Waals surface area contributed by atoms with Crippen LogP contribution in [0.1, 0.15) is 66.2 Å². The molecule has 6 atom stereocenters. The van der Waals surface area contributed by atoms with Gasteiger partial charge in [-0.25, -0.2) is 0 Å². The molecule has 166 valence electrons. The predicted octanol–water partition coefficient (Wildman–Crippen LogP) is 3.63. The summed E-state index contributed by atoms with van der Waals surface area (Å²) in [7, 11) is 1.56. The first kappa shape index (κ1) is 24.0. The van der Waals surface area contributed by atoms with Crippen LogP contribution < -0.4 is 0 Å². The molecule has 0 N–H and O–H groups in total. The highest BCUT2D eigenvalue weighted by Gasteiger charge is 2.57. The zero-order chi connectivity index (χ0) is 20.4. The fourth-order valence-electron chi connectivity index (χ4n) is 3.38. The maximum absolute atomic E-state index is 6.26. The minimum atomic E-state index is -1.15. The Labute approximate surface area is 170 Å². The first-order valence-electron chi connectivity index (χ1n) is 11.0. The second-order valence-electron chi connectivity index (χ2n) is 7.62. The summed E-state index contributed by atoms with van der Waals surface area (Å²) in [5.74, 6) is -1.15. The maximum atomic E-state index is 6.26. The highest BCUT2D eigenvalue weighted by Crippen LogP contribution is 2.39. The first-order chi connectivity index (χ1) is 13.6. The van der Waals surface area contributed by atoms with Crippen molar-refractivity contribution in [2.45, 2.75) is 103 Å². The van der Waals surface area contributed by atoms with Gasteiger partial charge in [0.05, 0.1) is 6.61 Å². The number of fused-ring (bicyclic) bond motifs is 1. The first-order valence-corrected chi connectivity index (χ1v) is 11.0. The van der Waals surface area contributed by atoms with Gasteiger partial charge in [-0.3, -0.25) is 4.74 Å². The Kier molecular flexibility index (Phi) is 10.6. The van der Waals surface area contributed by atoms with Gasteiger partial charge in [0.2, 0.25) is 0 Å². The molecule has 2 aliphatic rings. The zero-order valence-electron chi connectivity index (χ0n) is 18.3. The average molecular weight is 405 g/mol. The van der Waals surface area contributed by atoms with Gasteiger partial charge in [-0.15, -0.1) is 0 Å². The van der Waals surface area contributed by atoms with Crippen molar-refractivity contribution in [3.8, 4) is 0 Å². The molecule has 7 nitrogen and oxygen atoms in total. The summed E-state index contributed by atoms with van der Waals surface area (Å²) in [4.78, 5) is 0. The second kappa shape index (κ2) is 12.4. The summed E-state index contributed by atoms with van der Waals surface area (Å²) in [5, 5.41) is 0. The van der Waals surface area contributed by atoms with Crippen molar-refractivity contribution < 1.29 is 33.2 Å². The molecule has 2 aliphatic heterocycles. The van der Waals surface area contributed by atoms with E-state index in [1.807, 2.05) is 0 Å². The molecule has 0 aliphatic carbocycles. The van der Waals surface area contributed by atoms with Crippen molar-refractivity contribution in [2.24, 2.45) is 0 Å². The van der Waals surface area contributed by atoms with Gasteiger partial charge < -0.3 is 28.4 Å². The SMILES string of the molecule is CCCCOCC1OC2OC(C)(OC)OC2C(OCCCC)C1OCCCC. The van der Waals surface area contributed by atoms with Gasteiger partial charge >= 0.3 is 0 Å². The summed E-state index contributed by atoms with van der Waals surface area (Å²) >= 11 is 0. The third-order valence-corrected chi connectivity index (χ3v) is 5.18. The van der Waals surface area contributed by atoms with Crippen LogP contribution in [0.3, 0.4) is 0 Å². The standard InChI is InChI=1S/C21H40O7/c1-6-9-12-23-15-16-17(24-13-10-7-2)18(25-14-11-8-3)19-20(26-16)28-21(4,22-5)27-19/h16-20H,6-15H2,1-5H3. The van der Waals surface area contributed by atoms with Gasteiger partial charge in [0, 0.05) is 33.9 Å². The molecule has 0 amide bonds. The molecule has 2 fully saturated rings. The molecule has 7 heteroatoms. The summed E-state index contributed by atoms with van der Waals surface area (Å²) in [5.41, 5.74) is 0. The quantitative estimate of drug-likeness (QED) is 0.410. The molecule has 28 heavy (non-hydrogen) atoms. The minimum absolute atomic E-state index is 0.269. The smallest absolute Gasteiger partial charge is 0.282 e. The van der Waals surface area contributed by atoms with E-state index in [1.54, 1.807) is 14.0 Å². The summed E-state index contributed by atoms with van der Waals surface area (Å²) < 4.78 is 41.9. The number of rotatable bonds is 14. The molecule has 0 aromatic heterocycles. The topological polar surface area (TPSA) is 64.6 Å². The van der Waals surface area contributed by atoms with Crippen LogP contribution in [0.2, 0.25) is 0 Å². The molecule has 2 heterocycles. The van der Waals surface area contributed by atoms with Crippen LogP contribution in [-0.4, -0.2) is 70.2 Å². The van der Waals surface area contributed by atoms with Gasteiger partial charge in [0.25, 0.3) is 5.97 Å². The fourth-order valence-corrected chi connectivity index (χ4v) is 3.38. The van der Waals surface area contributed by atoms with Crippen molar-refractivity contribution in [2.75, 3.05) is 33.5 Å². The Morgan fingerprint density at radius 3 is 2.04 bits per heavy atom. The van der Waals surface area contributed by atoms with Crippen molar-refractivity contribution in [3.63, 3.8) is 0 Å². The molecule has 0 radical (unpaired) electrons. The molecule has 0 spiro atoms. The van der Waals surface area contributed by atoms with E-state index in [9.17, 15) is 0 Å². The van der Waals surface area contributed by atoms with E-state index in [4.69, 9.17) is 33.2 Å². The van der Waals surface area contributed by atoms with Gasteiger partial charge in [0.1, 0.15) is 24.4 Å². The van der Waals surface area contributed by atoms with Crippen LogP contribution in [0.4, 0.5) is 0 Å². The van der Waals surface area contributed by atoms with Gasteiger partial charge in [-0.2, -0.15) is 0 Å². The summed E-state index contributed by atoms with van der Waals surface area (Å²) in [6, 6.07) is 0. The van der Waals surface area contributed by atoms with Gasteiger partial charge in [0.15, 0.2) is 6.29 Å². The average Bonchev–Trinajstić information content (AvgIpc) is 3.03. The minimum Gasteiger partial charge on any atom is -0.379 e. The molecule has 0 bridgehead atoms. The molecule has 0 aromatic carbocycles. The van der Waals surface area contributed by atoms with E-state index in [-0.39, 0.29) is 18.3 Å². The number of methoxy groups -OCH3 is 1. The van der Waals surface area contributed by atoms with Crippen LogP contribution in [0, 0.1) is 0 Å². The molecular weight excluding hydrogens is 364 g/mol. The van der Waals surface area contributed by atoms with Gasteiger partial charge in [-0.05, 0) is 19.3 Å². The molecule has 2 rings (SSSR count). The maximum Gasteiger partial charge on any atom is 0.282 e. The van der Waals surface area contributed by atoms with E-state index < -0.39 is 18.4 Å². The van der Waals surface area contributed by atoms with Crippen molar-refractivity contribution in [3.05, 3.63) is 0 Å².